The van der Waals surface area contributed by atoms with Crippen LogP contribution in [0.5, 0.6) is 5.75 Å². The first-order valence-corrected chi connectivity index (χ1v) is 5.49. The summed E-state index contributed by atoms with van der Waals surface area (Å²) in [5.74, 6) is -1.79. The molecule has 0 unspecified atom stereocenters. The van der Waals surface area contributed by atoms with Crippen molar-refractivity contribution in [3.63, 3.8) is 0 Å². The van der Waals surface area contributed by atoms with Crippen LogP contribution in [0.25, 0.3) is 0 Å². The normalized spacial score (nSPS) is 11.0. The van der Waals surface area contributed by atoms with E-state index in [9.17, 15) is 22.8 Å². The Morgan fingerprint density at radius 2 is 2.00 bits per heavy atom. The molecule has 20 heavy (non-hydrogen) atoms. The Kier molecular flexibility index (Phi) is 4.95. The number of rotatable bonds is 5. The number of halogens is 3. The second-order valence-electron chi connectivity index (χ2n) is 3.97. The fraction of sp³-hybridized carbons (Fsp3) is 0.333. The van der Waals surface area contributed by atoms with Crippen molar-refractivity contribution < 1.29 is 32.6 Å². The molecule has 0 spiro atoms. The van der Waals surface area contributed by atoms with E-state index in [1.807, 2.05) is 0 Å². The number of carbonyl (C=O) groups is 2. The molecule has 0 aliphatic carbocycles. The number of carboxylic acids is 1. The van der Waals surface area contributed by atoms with E-state index >= 15 is 0 Å². The topological polar surface area (TPSA) is 75.6 Å². The van der Waals surface area contributed by atoms with Crippen molar-refractivity contribution in [2.75, 3.05) is 13.2 Å². The maximum atomic E-state index is 11.9. The molecule has 1 aromatic carbocycles. The van der Waals surface area contributed by atoms with Crippen LogP contribution in [0.1, 0.15) is 15.9 Å². The van der Waals surface area contributed by atoms with E-state index in [1.54, 1.807) is 12.2 Å². The number of aryl methyl sites for hydroxylation is 1. The van der Waals surface area contributed by atoms with E-state index in [2.05, 4.69) is 0 Å². The third-order valence-corrected chi connectivity index (χ3v) is 2.27. The summed E-state index contributed by atoms with van der Waals surface area (Å²) in [4.78, 5) is 21.8. The van der Waals surface area contributed by atoms with Gasteiger partial charge in [-0.25, -0.2) is 4.79 Å². The second kappa shape index (κ2) is 6.27. The third kappa shape index (κ3) is 5.17. The van der Waals surface area contributed by atoms with Gasteiger partial charge in [-0.2, -0.15) is 13.2 Å². The molecule has 0 bridgehead atoms. The van der Waals surface area contributed by atoms with E-state index in [1.165, 1.54) is 18.2 Å². The Hall–Kier alpha value is -2.25. The Morgan fingerprint density at radius 3 is 2.50 bits per heavy atom. The van der Waals surface area contributed by atoms with Gasteiger partial charge in [0, 0.05) is 0 Å². The number of benzene rings is 1. The van der Waals surface area contributed by atoms with Crippen molar-refractivity contribution >= 4 is 11.9 Å². The number of hydrogen-bond donors (Lipinski definition) is 2. The van der Waals surface area contributed by atoms with E-state index in [0.29, 0.717) is 5.56 Å². The average molecular weight is 291 g/mol. The zero-order chi connectivity index (χ0) is 15.3. The second-order valence-corrected chi connectivity index (χ2v) is 3.97. The number of ether oxygens (including phenoxy) is 1. The summed E-state index contributed by atoms with van der Waals surface area (Å²) in [7, 11) is 0. The molecule has 1 amide bonds. The minimum absolute atomic E-state index is 0.0522. The Labute approximate surface area is 112 Å². The number of aromatic carboxylic acids is 1. The van der Waals surface area contributed by atoms with E-state index in [-0.39, 0.29) is 11.3 Å². The Balaban J connectivity index is 2.54. The molecule has 0 radical (unpaired) electrons. The highest BCUT2D eigenvalue weighted by Gasteiger charge is 2.27. The van der Waals surface area contributed by atoms with Crippen molar-refractivity contribution in [1.29, 1.82) is 0 Å². The van der Waals surface area contributed by atoms with E-state index < -0.39 is 31.2 Å². The summed E-state index contributed by atoms with van der Waals surface area (Å²) in [5.41, 5.74) is 0.518. The number of carboxylic acid groups (broad SMARTS) is 1. The van der Waals surface area contributed by atoms with Gasteiger partial charge < -0.3 is 15.2 Å². The summed E-state index contributed by atoms with van der Waals surface area (Å²) in [5, 5.41) is 10.4. The van der Waals surface area contributed by atoms with Crippen molar-refractivity contribution in [2.24, 2.45) is 0 Å². The molecule has 110 valence electrons. The van der Waals surface area contributed by atoms with Crippen LogP contribution < -0.4 is 10.1 Å². The number of amides is 1. The fourth-order valence-corrected chi connectivity index (χ4v) is 1.34. The Bertz CT molecular complexity index is 514. The van der Waals surface area contributed by atoms with Gasteiger partial charge in [0.1, 0.15) is 12.3 Å². The van der Waals surface area contributed by atoms with Crippen LogP contribution >= 0.6 is 0 Å². The van der Waals surface area contributed by atoms with Crippen LogP contribution in [0.4, 0.5) is 13.2 Å². The van der Waals surface area contributed by atoms with Gasteiger partial charge in [-0.1, -0.05) is 0 Å². The van der Waals surface area contributed by atoms with Crippen molar-refractivity contribution in [3.05, 3.63) is 29.3 Å². The summed E-state index contributed by atoms with van der Waals surface area (Å²) in [6.07, 6.45) is -4.48. The monoisotopic (exact) mass is 291 g/mol. The highest BCUT2D eigenvalue weighted by molar-refractivity contribution is 5.88. The number of alkyl halides is 3. The van der Waals surface area contributed by atoms with Gasteiger partial charge in [0.05, 0.1) is 5.56 Å². The number of nitrogens with one attached hydrogen (secondary N) is 1. The summed E-state index contributed by atoms with van der Waals surface area (Å²) < 4.78 is 40.6. The lowest BCUT2D eigenvalue weighted by Gasteiger charge is -2.11. The standard InChI is InChI=1S/C12H12F3NO4/c1-7-4-8(11(18)19)2-3-9(7)20-5-10(17)16-6-12(13,14)15/h2-4H,5-6H2,1H3,(H,16,17)(H,18,19). The zero-order valence-corrected chi connectivity index (χ0v) is 10.5. The molecular formula is C12H12F3NO4. The SMILES string of the molecule is Cc1cc(C(=O)O)ccc1OCC(=O)NCC(F)(F)F. The molecule has 2 N–H and O–H groups in total. The van der Waals surface area contributed by atoms with Gasteiger partial charge in [0.15, 0.2) is 6.61 Å². The molecule has 0 heterocycles. The lowest BCUT2D eigenvalue weighted by Crippen LogP contribution is -2.36. The fourth-order valence-electron chi connectivity index (χ4n) is 1.34. The smallest absolute Gasteiger partial charge is 0.405 e. The summed E-state index contributed by atoms with van der Waals surface area (Å²) >= 11 is 0. The molecule has 1 aromatic rings. The first-order chi connectivity index (χ1) is 9.19. The van der Waals surface area contributed by atoms with E-state index in [0.717, 1.165) is 0 Å². The van der Waals surface area contributed by atoms with Gasteiger partial charge in [-0.05, 0) is 30.7 Å². The van der Waals surface area contributed by atoms with Crippen LogP contribution in [0.15, 0.2) is 18.2 Å². The van der Waals surface area contributed by atoms with Crippen molar-refractivity contribution in [2.45, 2.75) is 13.1 Å². The molecule has 8 heteroatoms. The predicted molar refractivity (Wildman–Crippen MR) is 62.7 cm³/mol. The molecule has 0 atom stereocenters. The van der Waals surface area contributed by atoms with Crippen LogP contribution in [-0.4, -0.2) is 36.3 Å². The molecule has 0 saturated carbocycles. The van der Waals surface area contributed by atoms with Gasteiger partial charge in [-0.3, -0.25) is 4.79 Å². The lowest BCUT2D eigenvalue weighted by molar-refractivity contribution is -0.139. The maximum absolute atomic E-state index is 11.9. The van der Waals surface area contributed by atoms with Gasteiger partial charge in [0.2, 0.25) is 0 Å². The quantitative estimate of drug-likeness (QED) is 0.866. The number of carbonyl (C=O) groups excluding carboxylic acids is 1. The highest BCUT2D eigenvalue weighted by Crippen LogP contribution is 2.19. The van der Waals surface area contributed by atoms with Crippen molar-refractivity contribution in [3.8, 4) is 5.75 Å². The third-order valence-electron chi connectivity index (χ3n) is 2.27. The Morgan fingerprint density at radius 1 is 1.35 bits per heavy atom. The molecule has 0 saturated heterocycles. The molecule has 1 rings (SSSR count). The first-order valence-electron chi connectivity index (χ1n) is 5.49. The maximum Gasteiger partial charge on any atom is 0.405 e. The molecule has 0 aliphatic rings. The summed E-state index contributed by atoms with van der Waals surface area (Å²) in [6.45, 7) is -0.440. The molecular weight excluding hydrogens is 279 g/mol. The van der Waals surface area contributed by atoms with E-state index in [4.69, 9.17) is 9.84 Å². The van der Waals surface area contributed by atoms with Crippen LogP contribution in [-0.2, 0) is 4.79 Å². The highest BCUT2D eigenvalue weighted by atomic mass is 19.4. The summed E-state index contributed by atoms with van der Waals surface area (Å²) in [6, 6.07) is 3.96. The van der Waals surface area contributed by atoms with Gasteiger partial charge in [0.25, 0.3) is 5.91 Å². The molecule has 5 nitrogen and oxygen atoms in total. The minimum atomic E-state index is -4.48. The average Bonchev–Trinajstić information content (AvgIpc) is 2.33. The largest absolute Gasteiger partial charge is 0.484 e. The zero-order valence-electron chi connectivity index (χ0n) is 10.5. The van der Waals surface area contributed by atoms with Crippen molar-refractivity contribution in [1.82, 2.24) is 5.32 Å². The lowest BCUT2D eigenvalue weighted by atomic mass is 10.1. The first kappa shape index (κ1) is 15.8. The molecule has 0 aliphatic heterocycles. The van der Waals surface area contributed by atoms with Crippen LogP contribution in [0, 0.1) is 6.92 Å². The van der Waals surface area contributed by atoms with Crippen LogP contribution in [0.3, 0.4) is 0 Å². The molecule has 0 aromatic heterocycles. The molecule has 0 fully saturated rings. The minimum Gasteiger partial charge on any atom is -0.484 e. The van der Waals surface area contributed by atoms with Gasteiger partial charge in [-0.15, -0.1) is 0 Å². The van der Waals surface area contributed by atoms with Crippen LogP contribution in [0.2, 0.25) is 0 Å². The predicted octanol–water partition coefficient (Wildman–Crippen LogP) is 1.75. The van der Waals surface area contributed by atoms with Gasteiger partial charge >= 0.3 is 12.1 Å². The number of hydrogen-bond acceptors (Lipinski definition) is 3.